The van der Waals surface area contributed by atoms with Crippen molar-refractivity contribution in [2.45, 2.75) is 19.1 Å². The Kier molecular flexibility index (Phi) is 5.84. The van der Waals surface area contributed by atoms with Crippen LogP contribution in [0, 0.1) is 11.6 Å². The second kappa shape index (κ2) is 8.86. The van der Waals surface area contributed by atoms with Crippen molar-refractivity contribution in [3.63, 3.8) is 0 Å². The molecule has 1 heterocycles. The van der Waals surface area contributed by atoms with Gasteiger partial charge in [0.2, 0.25) is 0 Å². The predicted molar refractivity (Wildman–Crippen MR) is 110 cm³/mol. The van der Waals surface area contributed by atoms with Gasteiger partial charge in [-0.2, -0.15) is 0 Å². The highest BCUT2D eigenvalue weighted by atomic mass is 19.1. The molecule has 0 bridgehead atoms. The molecule has 1 atom stereocenters. The molecule has 0 spiro atoms. The van der Waals surface area contributed by atoms with Crippen LogP contribution in [0.25, 0.3) is 0 Å². The van der Waals surface area contributed by atoms with Gasteiger partial charge in [0.25, 0.3) is 5.91 Å². The maximum absolute atomic E-state index is 14.2. The van der Waals surface area contributed by atoms with Gasteiger partial charge in [0.1, 0.15) is 11.6 Å². The monoisotopic (exact) mass is 406 g/mol. The first kappa shape index (κ1) is 19.8. The van der Waals surface area contributed by atoms with Gasteiger partial charge in [-0.3, -0.25) is 4.79 Å². The molecule has 0 saturated carbocycles. The quantitative estimate of drug-likeness (QED) is 0.590. The fourth-order valence-corrected chi connectivity index (χ4v) is 3.45. The lowest BCUT2D eigenvalue weighted by molar-refractivity contribution is 0.0402. The van der Waals surface area contributed by atoms with Gasteiger partial charge in [-0.25, -0.2) is 8.78 Å². The summed E-state index contributed by atoms with van der Waals surface area (Å²) in [6, 6.07) is 21.7. The standard InChI is InChI=1S/C24H20F2N2O2/c25-21-12-6-4-10-19(21)23-14-18(30-27-23)16-28(15-17-8-2-1-3-9-17)24(29)20-11-5-7-13-22(20)26/h1-13,18H,14-16H2/t18-/m1/s1. The molecular weight excluding hydrogens is 386 g/mol. The van der Waals surface area contributed by atoms with Crippen molar-refractivity contribution in [2.75, 3.05) is 6.54 Å². The number of nitrogens with zero attached hydrogens (tertiary/aromatic N) is 2. The molecular formula is C24H20F2N2O2. The minimum atomic E-state index is -0.573. The summed E-state index contributed by atoms with van der Waals surface area (Å²) >= 11 is 0. The molecule has 152 valence electrons. The Morgan fingerprint density at radius 1 is 0.933 bits per heavy atom. The van der Waals surface area contributed by atoms with Crippen molar-refractivity contribution >= 4 is 11.6 Å². The van der Waals surface area contributed by atoms with Gasteiger partial charge < -0.3 is 9.74 Å². The lowest BCUT2D eigenvalue weighted by atomic mass is 10.0. The first-order valence-corrected chi connectivity index (χ1v) is 9.67. The zero-order chi connectivity index (χ0) is 20.9. The lowest BCUT2D eigenvalue weighted by Crippen LogP contribution is -2.37. The lowest BCUT2D eigenvalue weighted by Gasteiger charge is -2.25. The van der Waals surface area contributed by atoms with Crippen molar-refractivity contribution in [2.24, 2.45) is 5.16 Å². The first-order valence-electron chi connectivity index (χ1n) is 9.67. The number of carbonyl (C=O) groups excluding carboxylic acids is 1. The minimum Gasteiger partial charge on any atom is -0.390 e. The Morgan fingerprint density at radius 2 is 1.60 bits per heavy atom. The molecule has 0 fully saturated rings. The van der Waals surface area contributed by atoms with Crippen LogP contribution in [0.3, 0.4) is 0 Å². The van der Waals surface area contributed by atoms with Crippen LogP contribution in [-0.4, -0.2) is 29.2 Å². The Balaban J connectivity index is 1.53. The molecule has 1 aliphatic rings. The summed E-state index contributed by atoms with van der Waals surface area (Å²) in [5.41, 5.74) is 1.79. The number of oxime groups is 1. The molecule has 6 heteroatoms. The Labute approximate surface area is 173 Å². The number of halogens is 2. The average molecular weight is 406 g/mol. The highest BCUT2D eigenvalue weighted by Gasteiger charge is 2.29. The van der Waals surface area contributed by atoms with E-state index in [9.17, 15) is 13.6 Å². The van der Waals surface area contributed by atoms with Crippen molar-refractivity contribution in [3.8, 4) is 0 Å². The van der Waals surface area contributed by atoms with E-state index in [1.165, 1.54) is 23.1 Å². The second-order valence-corrected chi connectivity index (χ2v) is 7.10. The number of amides is 1. The normalized spacial score (nSPS) is 15.4. The van der Waals surface area contributed by atoms with Crippen LogP contribution in [0.5, 0.6) is 0 Å². The first-order chi connectivity index (χ1) is 14.6. The van der Waals surface area contributed by atoms with Gasteiger partial charge in [0, 0.05) is 18.5 Å². The van der Waals surface area contributed by atoms with Crippen LogP contribution < -0.4 is 0 Å². The molecule has 4 nitrogen and oxygen atoms in total. The molecule has 0 unspecified atom stereocenters. The van der Waals surface area contributed by atoms with Crippen molar-refractivity contribution in [1.29, 1.82) is 0 Å². The smallest absolute Gasteiger partial charge is 0.257 e. The van der Waals surface area contributed by atoms with E-state index >= 15 is 0 Å². The molecule has 1 aliphatic heterocycles. The van der Waals surface area contributed by atoms with E-state index in [-0.39, 0.29) is 17.9 Å². The van der Waals surface area contributed by atoms with Gasteiger partial charge in [-0.15, -0.1) is 0 Å². The van der Waals surface area contributed by atoms with Crippen LogP contribution in [0.1, 0.15) is 27.9 Å². The van der Waals surface area contributed by atoms with E-state index < -0.39 is 17.8 Å². The van der Waals surface area contributed by atoms with Crippen LogP contribution in [0.2, 0.25) is 0 Å². The van der Waals surface area contributed by atoms with Crippen molar-refractivity contribution in [3.05, 3.63) is 107 Å². The van der Waals surface area contributed by atoms with Gasteiger partial charge >= 0.3 is 0 Å². The van der Waals surface area contributed by atoms with E-state index in [4.69, 9.17) is 4.84 Å². The van der Waals surface area contributed by atoms with E-state index in [0.29, 0.717) is 24.2 Å². The summed E-state index contributed by atoms with van der Waals surface area (Å²) < 4.78 is 28.3. The van der Waals surface area contributed by atoms with E-state index in [0.717, 1.165) is 5.56 Å². The minimum absolute atomic E-state index is 0.00155. The van der Waals surface area contributed by atoms with E-state index in [2.05, 4.69) is 5.16 Å². The SMILES string of the molecule is O=C(c1ccccc1F)N(Cc1ccccc1)C[C@H]1CC(c2ccccc2F)=NO1. The summed E-state index contributed by atoms with van der Waals surface area (Å²) in [5.74, 6) is -1.37. The van der Waals surface area contributed by atoms with Crippen LogP contribution in [0.15, 0.2) is 84.0 Å². The third kappa shape index (κ3) is 4.38. The van der Waals surface area contributed by atoms with Crippen LogP contribution in [-0.2, 0) is 11.4 Å². The third-order valence-electron chi connectivity index (χ3n) is 4.95. The average Bonchev–Trinajstić information content (AvgIpc) is 3.22. The molecule has 1 amide bonds. The molecule has 30 heavy (non-hydrogen) atoms. The highest BCUT2D eigenvalue weighted by molar-refractivity contribution is 6.01. The molecule has 0 saturated heterocycles. The number of hydrogen-bond acceptors (Lipinski definition) is 3. The van der Waals surface area contributed by atoms with Gasteiger partial charge in [-0.1, -0.05) is 65.8 Å². The zero-order valence-electron chi connectivity index (χ0n) is 16.2. The third-order valence-corrected chi connectivity index (χ3v) is 4.95. The van der Waals surface area contributed by atoms with Crippen molar-refractivity contribution in [1.82, 2.24) is 4.90 Å². The number of hydrogen-bond donors (Lipinski definition) is 0. The van der Waals surface area contributed by atoms with Crippen LogP contribution in [0.4, 0.5) is 8.78 Å². The Bertz CT molecular complexity index is 1070. The van der Waals surface area contributed by atoms with E-state index in [1.54, 1.807) is 30.3 Å². The number of benzene rings is 3. The number of carbonyl (C=O) groups is 1. The molecule has 3 aromatic carbocycles. The maximum Gasteiger partial charge on any atom is 0.257 e. The van der Waals surface area contributed by atoms with Gasteiger partial charge in [0.15, 0.2) is 6.10 Å². The second-order valence-electron chi connectivity index (χ2n) is 7.10. The highest BCUT2D eigenvalue weighted by Crippen LogP contribution is 2.22. The summed E-state index contributed by atoms with van der Waals surface area (Å²) in [6.07, 6.45) is -0.0874. The van der Waals surface area contributed by atoms with E-state index in [1.807, 2.05) is 30.3 Å². The topological polar surface area (TPSA) is 41.9 Å². The van der Waals surface area contributed by atoms with Crippen molar-refractivity contribution < 1.29 is 18.4 Å². The number of rotatable bonds is 6. The molecule has 0 aliphatic carbocycles. The molecule has 0 N–H and O–H groups in total. The molecule has 4 rings (SSSR count). The molecule has 0 aromatic heterocycles. The van der Waals surface area contributed by atoms with Gasteiger partial charge in [-0.05, 0) is 23.8 Å². The summed E-state index contributed by atoms with van der Waals surface area (Å²) in [7, 11) is 0. The zero-order valence-corrected chi connectivity index (χ0v) is 16.2. The van der Waals surface area contributed by atoms with Crippen LogP contribution >= 0.6 is 0 Å². The summed E-state index contributed by atoms with van der Waals surface area (Å²) in [5, 5.41) is 4.02. The predicted octanol–water partition coefficient (Wildman–Crippen LogP) is 4.80. The largest absolute Gasteiger partial charge is 0.390 e. The Hall–Kier alpha value is -3.54. The molecule has 3 aromatic rings. The fraction of sp³-hybridized carbons (Fsp3) is 0.167. The summed E-state index contributed by atoms with van der Waals surface area (Å²) in [6.45, 7) is 0.492. The summed E-state index contributed by atoms with van der Waals surface area (Å²) in [4.78, 5) is 20.1. The maximum atomic E-state index is 14.2. The van der Waals surface area contributed by atoms with Gasteiger partial charge in [0.05, 0.1) is 17.8 Å². The fourth-order valence-electron chi connectivity index (χ4n) is 3.45. The Morgan fingerprint density at radius 3 is 2.33 bits per heavy atom. The molecule has 0 radical (unpaired) electrons.